The number of nitro groups is 1. The highest BCUT2D eigenvalue weighted by Gasteiger charge is 2.19. The Morgan fingerprint density at radius 3 is 2.84 bits per heavy atom. The molecule has 0 atom stereocenters. The summed E-state index contributed by atoms with van der Waals surface area (Å²) in [4.78, 5) is 21.6. The number of nitrogens with zero attached hydrogens (tertiary/aromatic N) is 2. The molecule has 100 valence electrons. The maximum Gasteiger partial charge on any atom is 0.294 e. The third-order valence-electron chi connectivity index (χ3n) is 2.06. The van der Waals surface area contributed by atoms with Crippen molar-refractivity contribution in [1.82, 2.24) is 0 Å². The highest BCUT2D eigenvalue weighted by atomic mass is 79.9. The first kappa shape index (κ1) is 14.9. The van der Waals surface area contributed by atoms with Crippen molar-refractivity contribution in [2.45, 2.75) is 13.3 Å². The van der Waals surface area contributed by atoms with E-state index in [4.69, 9.17) is 10.00 Å². The number of anilines is 1. The summed E-state index contributed by atoms with van der Waals surface area (Å²) in [6, 6.07) is 4.26. The second kappa shape index (κ2) is 6.70. The summed E-state index contributed by atoms with van der Waals surface area (Å²) in [6.45, 7) is 2.14. The van der Waals surface area contributed by atoms with E-state index in [1.807, 2.05) is 0 Å². The third-order valence-corrected chi connectivity index (χ3v) is 2.68. The quantitative estimate of drug-likeness (QED) is 0.660. The number of nitrogens with one attached hydrogen (secondary N) is 1. The minimum Gasteiger partial charge on any atom is -0.493 e. The lowest BCUT2D eigenvalue weighted by atomic mass is 10.2. The van der Waals surface area contributed by atoms with Gasteiger partial charge in [0, 0.05) is 12.1 Å². The van der Waals surface area contributed by atoms with Crippen LogP contribution in [0.4, 0.5) is 11.4 Å². The van der Waals surface area contributed by atoms with Crippen LogP contribution in [0.3, 0.4) is 0 Å². The maximum atomic E-state index is 11.3. The number of hydrogen-bond donors (Lipinski definition) is 1. The van der Waals surface area contributed by atoms with Crippen molar-refractivity contribution < 1.29 is 14.5 Å². The van der Waals surface area contributed by atoms with E-state index in [1.54, 1.807) is 13.0 Å². The first-order valence-electron chi connectivity index (χ1n) is 5.27. The predicted octanol–water partition coefficient (Wildman–Crippen LogP) is 2.61. The van der Waals surface area contributed by atoms with Gasteiger partial charge >= 0.3 is 0 Å². The monoisotopic (exact) mass is 327 g/mol. The molecule has 1 aromatic rings. The molecule has 1 amide bonds. The molecular formula is C11H10BrN3O4. The Balaban J connectivity index is 3.18. The molecule has 0 aromatic heterocycles. The smallest absolute Gasteiger partial charge is 0.294 e. The average Bonchev–Trinajstić information content (AvgIpc) is 2.33. The van der Waals surface area contributed by atoms with Gasteiger partial charge in [-0.15, -0.1) is 0 Å². The van der Waals surface area contributed by atoms with Gasteiger partial charge in [0.2, 0.25) is 5.91 Å². The summed E-state index contributed by atoms with van der Waals surface area (Å²) in [5, 5.41) is 21.6. The zero-order valence-corrected chi connectivity index (χ0v) is 11.6. The molecule has 0 aliphatic rings. The number of benzene rings is 1. The molecule has 0 bridgehead atoms. The molecule has 0 aliphatic heterocycles. The van der Waals surface area contributed by atoms with Gasteiger partial charge in [-0.25, -0.2) is 0 Å². The second-order valence-electron chi connectivity index (χ2n) is 3.37. The van der Waals surface area contributed by atoms with Gasteiger partial charge in [-0.05, 0) is 22.9 Å². The summed E-state index contributed by atoms with van der Waals surface area (Å²) in [6.07, 6.45) is -0.378. The molecular weight excluding hydrogens is 318 g/mol. The van der Waals surface area contributed by atoms with Crippen LogP contribution in [0.2, 0.25) is 0 Å². The van der Waals surface area contributed by atoms with E-state index >= 15 is 0 Å². The van der Waals surface area contributed by atoms with Gasteiger partial charge in [0.1, 0.15) is 17.9 Å². The van der Waals surface area contributed by atoms with Gasteiger partial charge in [0.25, 0.3) is 5.69 Å². The molecule has 7 nitrogen and oxygen atoms in total. The van der Waals surface area contributed by atoms with Crippen molar-refractivity contribution >= 4 is 33.2 Å². The Kier molecular flexibility index (Phi) is 5.26. The fraction of sp³-hybridized carbons (Fsp3) is 0.273. The van der Waals surface area contributed by atoms with E-state index in [9.17, 15) is 14.9 Å². The summed E-state index contributed by atoms with van der Waals surface area (Å²) >= 11 is 3.15. The Morgan fingerprint density at radius 2 is 2.32 bits per heavy atom. The van der Waals surface area contributed by atoms with Crippen molar-refractivity contribution in [2.24, 2.45) is 0 Å². The minimum absolute atomic E-state index is 0.00287. The van der Waals surface area contributed by atoms with Crippen LogP contribution in [0, 0.1) is 21.4 Å². The number of nitro benzene ring substituents is 1. The summed E-state index contributed by atoms with van der Waals surface area (Å²) in [5.41, 5.74) is -0.279. The van der Waals surface area contributed by atoms with Crippen LogP contribution < -0.4 is 10.1 Å². The van der Waals surface area contributed by atoms with Crippen LogP contribution in [0.15, 0.2) is 16.6 Å². The van der Waals surface area contributed by atoms with E-state index in [1.165, 1.54) is 12.1 Å². The topological polar surface area (TPSA) is 105 Å². The standard InChI is InChI=1S/C11H10BrN3O4/c1-2-19-10-6-8(14-11(16)3-4-13)9(15(17)18)5-7(10)12/h5-6H,2-3H2,1H3,(H,14,16). The van der Waals surface area contributed by atoms with Crippen LogP contribution in [0.1, 0.15) is 13.3 Å². The molecule has 0 saturated heterocycles. The molecule has 1 N–H and O–H groups in total. The number of amides is 1. The molecule has 1 aromatic carbocycles. The maximum absolute atomic E-state index is 11.3. The zero-order chi connectivity index (χ0) is 14.4. The number of hydrogen-bond acceptors (Lipinski definition) is 5. The fourth-order valence-corrected chi connectivity index (χ4v) is 1.77. The summed E-state index contributed by atoms with van der Waals surface area (Å²) < 4.78 is 5.68. The highest BCUT2D eigenvalue weighted by molar-refractivity contribution is 9.10. The Bertz CT molecular complexity index is 554. The molecule has 1 rings (SSSR count). The van der Waals surface area contributed by atoms with Crippen LogP contribution in [-0.2, 0) is 4.79 Å². The molecule has 0 unspecified atom stereocenters. The van der Waals surface area contributed by atoms with Gasteiger partial charge in [-0.3, -0.25) is 14.9 Å². The van der Waals surface area contributed by atoms with Crippen LogP contribution >= 0.6 is 15.9 Å². The third kappa shape index (κ3) is 3.93. The van der Waals surface area contributed by atoms with Crippen molar-refractivity contribution in [3.63, 3.8) is 0 Å². The number of ether oxygens (including phenoxy) is 1. The molecule has 0 heterocycles. The van der Waals surface area contributed by atoms with Crippen molar-refractivity contribution in [3.8, 4) is 11.8 Å². The number of rotatable bonds is 5. The Labute approximate surface area is 117 Å². The van der Waals surface area contributed by atoms with E-state index in [0.29, 0.717) is 16.8 Å². The van der Waals surface area contributed by atoms with Crippen LogP contribution in [0.5, 0.6) is 5.75 Å². The van der Waals surface area contributed by atoms with E-state index in [2.05, 4.69) is 21.2 Å². The van der Waals surface area contributed by atoms with Crippen molar-refractivity contribution in [3.05, 3.63) is 26.7 Å². The van der Waals surface area contributed by atoms with E-state index in [-0.39, 0.29) is 17.8 Å². The van der Waals surface area contributed by atoms with E-state index < -0.39 is 10.8 Å². The number of carbonyl (C=O) groups is 1. The first-order valence-corrected chi connectivity index (χ1v) is 6.06. The molecule has 0 saturated carbocycles. The Morgan fingerprint density at radius 1 is 1.63 bits per heavy atom. The number of halogens is 1. The molecule has 0 radical (unpaired) electrons. The van der Waals surface area contributed by atoms with Gasteiger partial charge in [0.05, 0.1) is 22.1 Å². The van der Waals surface area contributed by atoms with Crippen LogP contribution in [0.25, 0.3) is 0 Å². The van der Waals surface area contributed by atoms with E-state index in [0.717, 1.165) is 0 Å². The molecule has 0 spiro atoms. The summed E-state index contributed by atoms with van der Waals surface area (Å²) in [5.74, 6) is -0.240. The zero-order valence-electron chi connectivity index (χ0n) is 9.97. The van der Waals surface area contributed by atoms with Gasteiger partial charge in [-0.2, -0.15) is 5.26 Å². The predicted molar refractivity (Wildman–Crippen MR) is 70.8 cm³/mol. The lowest BCUT2D eigenvalue weighted by Crippen LogP contribution is -2.12. The lowest BCUT2D eigenvalue weighted by Gasteiger charge is -2.09. The SMILES string of the molecule is CCOc1cc(NC(=O)CC#N)c([N+](=O)[O-])cc1Br. The van der Waals surface area contributed by atoms with Gasteiger partial charge in [-0.1, -0.05) is 0 Å². The molecule has 0 fully saturated rings. The Hall–Kier alpha value is -2.14. The minimum atomic E-state index is -0.623. The van der Waals surface area contributed by atoms with Crippen molar-refractivity contribution in [2.75, 3.05) is 11.9 Å². The van der Waals surface area contributed by atoms with Gasteiger partial charge in [0.15, 0.2) is 0 Å². The largest absolute Gasteiger partial charge is 0.493 e. The molecule has 8 heteroatoms. The normalized spacial score (nSPS) is 9.53. The number of nitriles is 1. The lowest BCUT2D eigenvalue weighted by molar-refractivity contribution is -0.384. The van der Waals surface area contributed by atoms with Crippen LogP contribution in [-0.4, -0.2) is 17.4 Å². The highest BCUT2D eigenvalue weighted by Crippen LogP contribution is 2.36. The fourth-order valence-electron chi connectivity index (χ4n) is 1.33. The number of carbonyl (C=O) groups excluding carboxylic acids is 1. The molecule has 19 heavy (non-hydrogen) atoms. The average molecular weight is 328 g/mol. The summed E-state index contributed by atoms with van der Waals surface area (Å²) in [7, 11) is 0. The molecule has 0 aliphatic carbocycles. The van der Waals surface area contributed by atoms with Crippen molar-refractivity contribution in [1.29, 1.82) is 5.26 Å². The first-order chi connectivity index (χ1) is 8.99. The van der Waals surface area contributed by atoms with Gasteiger partial charge < -0.3 is 10.1 Å². The second-order valence-corrected chi connectivity index (χ2v) is 4.23.